The summed E-state index contributed by atoms with van der Waals surface area (Å²) in [5, 5.41) is 14.3. The number of epoxide rings is 1. The lowest BCUT2D eigenvalue weighted by Crippen LogP contribution is -2.72. The van der Waals surface area contributed by atoms with Crippen LogP contribution >= 0.6 is 0 Å². The molecular formula is C26H31NO8. The Labute approximate surface area is 203 Å². The number of cyclic esters (lactones) is 2. The van der Waals surface area contributed by atoms with Gasteiger partial charge in [-0.1, -0.05) is 19.0 Å². The van der Waals surface area contributed by atoms with Crippen molar-refractivity contribution in [3.8, 4) is 0 Å². The molecule has 7 rings (SSSR count). The van der Waals surface area contributed by atoms with E-state index >= 15 is 0 Å². The van der Waals surface area contributed by atoms with Crippen LogP contribution in [0.25, 0.3) is 0 Å². The van der Waals surface area contributed by atoms with E-state index in [0.29, 0.717) is 12.1 Å². The Morgan fingerprint density at radius 2 is 1.86 bits per heavy atom. The van der Waals surface area contributed by atoms with E-state index in [0.717, 1.165) is 18.4 Å². The minimum Gasteiger partial charge on any atom is -0.472 e. The second kappa shape index (κ2) is 6.29. The van der Waals surface area contributed by atoms with Gasteiger partial charge in [-0.15, -0.1) is 0 Å². The fourth-order valence-electron chi connectivity index (χ4n) is 9.51. The van der Waals surface area contributed by atoms with E-state index in [2.05, 4.69) is 32.9 Å². The normalized spacial score (nSPS) is 52.3. The van der Waals surface area contributed by atoms with Gasteiger partial charge >= 0.3 is 11.9 Å². The molecule has 0 amide bonds. The molecular weight excluding hydrogens is 454 g/mol. The molecule has 9 atom stereocenters. The first-order chi connectivity index (χ1) is 16.6. The van der Waals surface area contributed by atoms with Crippen molar-refractivity contribution in [3.63, 3.8) is 0 Å². The lowest BCUT2D eigenvalue weighted by molar-refractivity contribution is -0.209. The number of rotatable bonds is 1. The Balaban J connectivity index is 1.43. The second-order valence-corrected chi connectivity index (χ2v) is 12.3. The molecule has 0 aromatic carbocycles. The molecule has 0 radical (unpaired) electrons. The molecule has 2 aliphatic carbocycles. The van der Waals surface area contributed by atoms with Crippen LogP contribution in [0.2, 0.25) is 0 Å². The van der Waals surface area contributed by atoms with Crippen LogP contribution in [0.5, 0.6) is 0 Å². The molecule has 0 bridgehead atoms. The van der Waals surface area contributed by atoms with Gasteiger partial charge in [0.2, 0.25) is 0 Å². The van der Waals surface area contributed by atoms with Crippen molar-refractivity contribution in [1.29, 1.82) is 0 Å². The molecule has 6 fully saturated rings. The van der Waals surface area contributed by atoms with Crippen molar-refractivity contribution < 1.29 is 38.2 Å². The minimum absolute atomic E-state index is 0.00440. The number of nitrogens with zero attached hydrogens (tertiary/aromatic N) is 1. The van der Waals surface area contributed by atoms with Crippen LogP contribution in [-0.4, -0.2) is 52.9 Å². The first-order valence-electron chi connectivity index (χ1n) is 12.5. The van der Waals surface area contributed by atoms with Gasteiger partial charge in [-0.05, 0) is 45.1 Å². The predicted molar refractivity (Wildman–Crippen MR) is 118 cm³/mol. The Hall–Kier alpha value is -2.39. The summed E-state index contributed by atoms with van der Waals surface area (Å²) in [4.78, 5) is 25.6. The minimum atomic E-state index is -0.916. The Morgan fingerprint density at radius 1 is 1.06 bits per heavy atom. The number of carbonyl (C=O) groups excluding carboxylic acids is 2. The zero-order valence-corrected chi connectivity index (χ0v) is 20.4. The summed E-state index contributed by atoms with van der Waals surface area (Å²) in [7, 11) is 0. The molecule has 9 nitrogen and oxygen atoms in total. The molecule has 2 spiro atoms. The molecule has 188 valence electrons. The maximum atomic E-state index is 13.2. The van der Waals surface area contributed by atoms with E-state index in [-0.39, 0.29) is 36.9 Å². The zero-order valence-electron chi connectivity index (χ0n) is 20.4. The number of carbonyl (C=O) groups is 2. The van der Waals surface area contributed by atoms with Crippen LogP contribution < -0.4 is 0 Å². The SMILES string of the molecule is CC1(C)O[C@H]2CC(=O)OC[C@]23[C@H]2CC[C@@]4(C)[C@H](c5ccoc5)OC(=O)[C@H]5O[C@@]54[C@@]2(C)/C(=N/O)C[C@@H]13. The third-order valence-corrected chi connectivity index (χ3v) is 10.9. The number of esters is 2. The van der Waals surface area contributed by atoms with Crippen molar-refractivity contribution in [3.05, 3.63) is 24.2 Å². The van der Waals surface area contributed by atoms with Gasteiger partial charge in [0.15, 0.2) is 6.10 Å². The quantitative estimate of drug-likeness (QED) is 0.278. The summed E-state index contributed by atoms with van der Waals surface area (Å²) in [6, 6.07) is 1.83. The van der Waals surface area contributed by atoms with Gasteiger partial charge in [0.25, 0.3) is 0 Å². The Kier molecular flexibility index (Phi) is 3.93. The number of hydrogen-bond donors (Lipinski definition) is 1. The number of ether oxygens (including phenoxy) is 4. The highest BCUT2D eigenvalue weighted by atomic mass is 16.7. The van der Waals surface area contributed by atoms with Crippen molar-refractivity contribution >= 4 is 17.7 Å². The molecule has 1 N–H and O–H groups in total. The highest BCUT2D eigenvalue weighted by Crippen LogP contribution is 2.79. The second-order valence-electron chi connectivity index (χ2n) is 12.3. The number of fused-ring (bicyclic) bond motifs is 1. The number of hydrogen-bond acceptors (Lipinski definition) is 9. The molecule has 35 heavy (non-hydrogen) atoms. The third kappa shape index (κ3) is 2.19. The zero-order chi connectivity index (χ0) is 24.6. The molecule has 1 aromatic rings. The van der Waals surface area contributed by atoms with Crippen LogP contribution in [0, 0.1) is 28.1 Å². The smallest absolute Gasteiger partial charge is 0.339 e. The maximum absolute atomic E-state index is 13.2. The largest absolute Gasteiger partial charge is 0.472 e. The molecule has 5 heterocycles. The summed E-state index contributed by atoms with van der Waals surface area (Å²) in [6.45, 7) is 8.56. The van der Waals surface area contributed by atoms with Gasteiger partial charge < -0.3 is 28.6 Å². The molecule has 1 aromatic heterocycles. The van der Waals surface area contributed by atoms with Crippen molar-refractivity contribution in [2.45, 2.75) is 82.9 Å². The topological polar surface area (TPSA) is 120 Å². The summed E-state index contributed by atoms with van der Waals surface area (Å²) >= 11 is 0. The Bertz CT molecular complexity index is 1160. The van der Waals surface area contributed by atoms with E-state index in [1.807, 2.05) is 6.07 Å². The standard InChI is InChI=1S/C26H31NO8/c1-22(2)15-9-16(27-30)24(4)14(25(15)12-32-18(28)10-17(25)34-22)5-7-23(3)19(13-6-8-31-11-13)33-21(29)20-26(23,24)35-20/h6,8,11,14-15,17,19-20,30H,5,7,9-10,12H2,1-4H3/b27-16+/t14-,15-,17-,19-,20+,23-,24+,25+,26-/m0/s1. The van der Waals surface area contributed by atoms with E-state index < -0.39 is 45.6 Å². The van der Waals surface area contributed by atoms with Crippen LogP contribution in [-0.2, 0) is 28.5 Å². The van der Waals surface area contributed by atoms with E-state index in [1.165, 1.54) is 0 Å². The fourth-order valence-corrected chi connectivity index (χ4v) is 9.51. The van der Waals surface area contributed by atoms with Gasteiger partial charge in [0.05, 0.1) is 36.4 Å². The van der Waals surface area contributed by atoms with Crippen LogP contribution in [0.3, 0.4) is 0 Å². The molecule has 4 saturated heterocycles. The molecule has 9 heteroatoms. The summed E-state index contributed by atoms with van der Waals surface area (Å²) in [6.07, 6.45) is 3.78. The first kappa shape index (κ1) is 21.9. The first-order valence-corrected chi connectivity index (χ1v) is 12.5. The van der Waals surface area contributed by atoms with Crippen molar-refractivity contribution in [1.82, 2.24) is 0 Å². The van der Waals surface area contributed by atoms with Crippen LogP contribution in [0.4, 0.5) is 0 Å². The molecule has 0 unspecified atom stereocenters. The Morgan fingerprint density at radius 3 is 2.57 bits per heavy atom. The van der Waals surface area contributed by atoms with Crippen LogP contribution in [0.15, 0.2) is 28.2 Å². The van der Waals surface area contributed by atoms with E-state index in [4.69, 9.17) is 23.4 Å². The van der Waals surface area contributed by atoms with Gasteiger partial charge in [-0.25, -0.2) is 4.79 Å². The lowest BCUT2D eigenvalue weighted by Gasteiger charge is -2.65. The number of furan rings is 1. The van der Waals surface area contributed by atoms with Gasteiger partial charge in [-0.3, -0.25) is 4.79 Å². The monoisotopic (exact) mass is 485 g/mol. The highest BCUT2D eigenvalue weighted by molar-refractivity contribution is 5.96. The highest BCUT2D eigenvalue weighted by Gasteiger charge is 2.89. The van der Waals surface area contributed by atoms with Crippen molar-refractivity contribution in [2.75, 3.05) is 6.61 Å². The van der Waals surface area contributed by atoms with Crippen LogP contribution in [0.1, 0.15) is 65.0 Å². The molecule has 2 saturated carbocycles. The maximum Gasteiger partial charge on any atom is 0.339 e. The summed E-state index contributed by atoms with van der Waals surface area (Å²) < 4.78 is 30.1. The van der Waals surface area contributed by atoms with Gasteiger partial charge in [0, 0.05) is 27.7 Å². The van der Waals surface area contributed by atoms with Crippen molar-refractivity contribution in [2.24, 2.45) is 33.2 Å². The molecule has 6 aliphatic rings. The summed E-state index contributed by atoms with van der Waals surface area (Å²) in [5.74, 6) is -0.730. The predicted octanol–water partition coefficient (Wildman–Crippen LogP) is 3.40. The summed E-state index contributed by atoms with van der Waals surface area (Å²) in [5.41, 5.74) is -1.84. The third-order valence-electron chi connectivity index (χ3n) is 10.9. The average Bonchev–Trinajstić information content (AvgIpc) is 3.29. The van der Waals surface area contributed by atoms with Gasteiger partial charge in [-0.2, -0.15) is 0 Å². The lowest BCUT2D eigenvalue weighted by atomic mass is 9.37. The average molecular weight is 486 g/mol. The van der Waals surface area contributed by atoms with Gasteiger partial charge in [0.1, 0.15) is 18.3 Å². The number of oxime groups is 1. The van der Waals surface area contributed by atoms with E-state index in [1.54, 1.807) is 12.5 Å². The van der Waals surface area contributed by atoms with E-state index in [9.17, 15) is 14.8 Å². The fraction of sp³-hybridized carbons (Fsp3) is 0.731. The molecule has 4 aliphatic heterocycles.